The normalized spacial score (nSPS) is 12.2. The van der Waals surface area contributed by atoms with E-state index in [1.165, 1.54) is 0 Å². The second-order valence-corrected chi connectivity index (χ2v) is 5.76. The van der Waals surface area contributed by atoms with Gasteiger partial charge in [-0.25, -0.2) is 0 Å². The van der Waals surface area contributed by atoms with Gasteiger partial charge in [-0.15, -0.1) is 0 Å². The van der Waals surface area contributed by atoms with Crippen molar-refractivity contribution in [2.45, 2.75) is 25.8 Å². The van der Waals surface area contributed by atoms with Gasteiger partial charge in [0.15, 0.2) is 0 Å². The number of hydrogen-bond acceptors (Lipinski definition) is 2. The summed E-state index contributed by atoms with van der Waals surface area (Å²) >= 11 is 12.0. The van der Waals surface area contributed by atoms with Crippen LogP contribution in [-0.4, -0.2) is 6.61 Å². The van der Waals surface area contributed by atoms with Crippen LogP contribution in [0.5, 0.6) is 5.75 Å². The number of nitrogens with two attached hydrogens (primary N) is 1. The lowest BCUT2D eigenvalue weighted by Crippen LogP contribution is -2.15. The standard InChI is InChI=1S/C17H19Cl2NO/c1-2-9-21-17-6-4-3-5-13(17)16(20)11-12-7-8-14(18)15(19)10-12/h3-8,10,16H,2,9,11,20H2,1H3. The van der Waals surface area contributed by atoms with Crippen LogP contribution < -0.4 is 10.5 Å². The maximum Gasteiger partial charge on any atom is 0.124 e. The Hall–Kier alpha value is -1.22. The van der Waals surface area contributed by atoms with Crippen molar-refractivity contribution in [1.29, 1.82) is 0 Å². The molecule has 0 aliphatic carbocycles. The van der Waals surface area contributed by atoms with Gasteiger partial charge in [0.25, 0.3) is 0 Å². The SMILES string of the molecule is CCCOc1ccccc1C(N)Cc1ccc(Cl)c(Cl)c1. The number of rotatable bonds is 6. The lowest BCUT2D eigenvalue weighted by Gasteiger charge is -2.17. The van der Waals surface area contributed by atoms with E-state index in [1.54, 1.807) is 6.07 Å². The third-order valence-corrected chi connectivity index (χ3v) is 3.96. The zero-order chi connectivity index (χ0) is 15.2. The molecule has 0 fully saturated rings. The van der Waals surface area contributed by atoms with Gasteiger partial charge < -0.3 is 10.5 Å². The van der Waals surface area contributed by atoms with Gasteiger partial charge in [0.05, 0.1) is 16.7 Å². The number of halogens is 2. The number of hydrogen-bond donors (Lipinski definition) is 1. The van der Waals surface area contributed by atoms with E-state index < -0.39 is 0 Å². The Morgan fingerprint density at radius 2 is 1.86 bits per heavy atom. The molecule has 0 spiro atoms. The summed E-state index contributed by atoms with van der Waals surface area (Å²) in [6.07, 6.45) is 1.65. The zero-order valence-corrected chi connectivity index (χ0v) is 13.5. The highest BCUT2D eigenvalue weighted by molar-refractivity contribution is 6.42. The molecule has 21 heavy (non-hydrogen) atoms. The fraction of sp³-hybridized carbons (Fsp3) is 0.294. The van der Waals surface area contributed by atoms with Crippen LogP contribution >= 0.6 is 23.2 Å². The molecule has 0 amide bonds. The molecule has 2 aromatic carbocycles. The predicted octanol–water partition coefficient (Wildman–Crippen LogP) is 5.02. The Bertz CT molecular complexity index is 601. The predicted molar refractivity (Wildman–Crippen MR) is 89.3 cm³/mol. The van der Waals surface area contributed by atoms with Crippen molar-refractivity contribution in [2.24, 2.45) is 5.73 Å². The van der Waals surface area contributed by atoms with Crippen LogP contribution in [0, 0.1) is 0 Å². The summed E-state index contributed by atoms with van der Waals surface area (Å²) in [5, 5.41) is 1.11. The number of benzene rings is 2. The highest BCUT2D eigenvalue weighted by atomic mass is 35.5. The minimum absolute atomic E-state index is 0.143. The molecule has 0 bridgehead atoms. The fourth-order valence-electron chi connectivity index (χ4n) is 2.16. The van der Waals surface area contributed by atoms with Crippen LogP contribution in [0.3, 0.4) is 0 Å². The first-order valence-corrected chi connectivity index (χ1v) is 7.78. The first-order valence-electron chi connectivity index (χ1n) is 7.03. The van der Waals surface area contributed by atoms with Gasteiger partial charge in [-0.3, -0.25) is 0 Å². The van der Waals surface area contributed by atoms with Crippen molar-refractivity contribution in [3.05, 3.63) is 63.6 Å². The molecule has 1 unspecified atom stereocenters. The van der Waals surface area contributed by atoms with Crippen LogP contribution in [0.4, 0.5) is 0 Å². The molecule has 112 valence electrons. The lowest BCUT2D eigenvalue weighted by molar-refractivity contribution is 0.312. The van der Waals surface area contributed by atoms with E-state index in [9.17, 15) is 0 Å². The van der Waals surface area contributed by atoms with Gasteiger partial charge in [-0.1, -0.05) is 54.4 Å². The van der Waals surface area contributed by atoms with E-state index in [0.717, 1.165) is 23.3 Å². The van der Waals surface area contributed by atoms with Crippen LogP contribution in [0.15, 0.2) is 42.5 Å². The molecule has 2 nitrogen and oxygen atoms in total. The summed E-state index contributed by atoms with van der Waals surface area (Å²) < 4.78 is 5.76. The quantitative estimate of drug-likeness (QED) is 0.809. The second kappa shape index (κ2) is 7.69. The third kappa shape index (κ3) is 4.37. The molecule has 0 heterocycles. The number of para-hydroxylation sites is 1. The van der Waals surface area contributed by atoms with E-state index in [1.807, 2.05) is 36.4 Å². The Morgan fingerprint density at radius 1 is 1.10 bits per heavy atom. The molecule has 2 N–H and O–H groups in total. The molecular weight excluding hydrogens is 305 g/mol. The van der Waals surface area contributed by atoms with Crippen LogP contribution in [0.25, 0.3) is 0 Å². The molecule has 0 aliphatic heterocycles. The van der Waals surface area contributed by atoms with E-state index in [0.29, 0.717) is 23.1 Å². The molecule has 0 aromatic heterocycles. The topological polar surface area (TPSA) is 35.2 Å². The number of ether oxygens (including phenoxy) is 1. The molecule has 0 aliphatic rings. The van der Waals surface area contributed by atoms with Crippen molar-refractivity contribution < 1.29 is 4.74 Å². The first kappa shape index (κ1) is 16.2. The van der Waals surface area contributed by atoms with Crippen LogP contribution in [0.2, 0.25) is 10.0 Å². The van der Waals surface area contributed by atoms with Gasteiger partial charge in [-0.05, 0) is 36.6 Å². The molecule has 0 radical (unpaired) electrons. The van der Waals surface area contributed by atoms with Gasteiger partial charge in [-0.2, -0.15) is 0 Å². The summed E-state index contributed by atoms with van der Waals surface area (Å²) in [4.78, 5) is 0. The van der Waals surface area contributed by atoms with Crippen molar-refractivity contribution in [3.63, 3.8) is 0 Å². The van der Waals surface area contributed by atoms with Gasteiger partial charge in [0.2, 0.25) is 0 Å². The monoisotopic (exact) mass is 323 g/mol. The largest absolute Gasteiger partial charge is 0.493 e. The van der Waals surface area contributed by atoms with Crippen molar-refractivity contribution in [2.75, 3.05) is 6.61 Å². The van der Waals surface area contributed by atoms with Crippen molar-refractivity contribution in [1.82, 2.24) is 0 Å². The lowest BCUT2D eigenvalue weighted by atomic mass is 9.99. The van der Waals surface area contributed by atoms with Crippen molar-refractivity contribution in [3.8, 4) is 5.75 Å². The summed E-state index contributed by atoms with van der Waals surface area (Å²) in [5.41, 5.74) is 8.40. The van der Waals surface area contributed by atoms with Gasteiger partial charge >= 0.3 is 0 Å². The van der Waals surface area contributed by atoms with E-state index >= 15 is 0 Å². The fourth-order valence-corrected chi connectivity index (χ4v) is 2.48. The summed E-state index contributed by atoms with van der Waals surface area (Å²) in [7, 11) is 0. The second-order valence-electron chi connectivity index (χ2n) is 4.95. The van der Waals surface area contributed by atoms with Gasteiger partial charge in [0.1, 0.15) is 5.75 Å². The molecule has 0 saturated carbocycles. The first-order chi connectivity index (χ1) is 10.1. The Morgan fingerprint density at radius 3 is 2.57 bits per heavy atom. The minimum atomic E-state index is -0.143. The summed E-state index contributed by atoms with van der Waals surface area (Å²) in [6.45, 7) is 2.77. The minimum Gasteiger partial charge on any atom is -0.493 e. The smallest absolute Gasteiger partial charge is 0.124 e. The average molecular weight is 324 g/mol. The molecule has 2 aromatic rings. The Kier molecular flexibility index (Phi) is 5.92. The molecular formula is C17H19Cl2NO. The van der Waals surface area contributed by atoms with Crippen LogP contribution in [0.1, 0.15) is 30.5 Å². The molecule has 0 saturated heterocycles. The molecule has 4 heteroatoms. The molecule has 2 rings (SSSR count). The third-order valence-electron chi connectivity index (χ3n) is 3.22. The summed E-state index contributed by atoms with van der Waals surface area (Å²) in [6, 6.07) is 13.4. The average Bonchev–Trinajstić information content (AvgIpc) is 2.49. The van der Waals surface area contributed by atoms with E-state index in [4.69, 9.17) is 33.7 Å². The van der Waals surface area contributed by atoms with Gasteiger partial charge in [0, 0.05) is 11.6 Å². The highest BCUT2D eigenvalue weighted by Crippen LogP contribution is 2.28. The summed E-state index contributed by atoms with van der Waals surface area (Å²) in [5.74, 6) is 0.854. The maximum atomic E-state index is 6.33. The van der Waals surface area contributed by atoms with E-state index in [2.05, 4.69) is 6.92 Å². The Balaban J connectivity index is 2.15. The van der Waals surface area contributed by atoms with Crippen molar-refractivity contribution >= 4 is 23.2 Å². The molecule has 1 atom stereocenters. The zero-order valence-electron chi connectivity index (χ0n) is 12.0. The van der Waals surface area contributed by atoms with Crippen LogP contribution in [-0.2, 0) is 6.42 Å². The Labute approximate surface area is 135 Å². The highest BCUT2D eigenvalue weighted by Gasteiger charge is 2.13. The maximum absolute atomic E-state index is 6.33. The van der Waals surface area contributed by atoms with E-state index in [-0.39, 0.29) is 6.04 Å².